The van der Waals surface area contributed by atoms with Crippen LogP contribution in [0, 0.1) is 0 Å². The molecule has 0 saturated carbocycles. The molecule has 5 rings (SSSR count). The molecule has 3 aromatic rings. The summed E-state index contributed by atoms with van der Waals surface area (Å²) in [5.41, 5.74) is 2.54. The normalized spacial score (nSPS) is 17.5. The van der Waals surface area contributed by atoms with Gasteiger partial charge in [0.2, 0.25) is 15.9 Å². The summed E-state index contributed by atoms with van der Waals surface area (Å²) in [6, 6.07) is 15.3. The van der Waals surface area contributed by atoms with Crippen LogP contribution in [0.2, 0.25) is 0 Å². The number of piperazine rings is 1. The van der Waals surface area contributed by atoms with E-state index in [0.717, 1.165) is 44.5 Å². The summed E-state index contributed by atoms with van der Waals surface area (Å²) >= 11 is 0. The molecule has 34 heavy (non-hydrogen) atoms. The topological polar surface area (TPSA) is 91.6 Å². The van der Waals surface area contributed by atoms with Crippen LogP contribution in [-0.2, 0) is 21.4 Å². The fraction of sp³-hybridized carbons (Fsp3) is 0.458. The number of hydrogen-bond donors (Lipinski definition) is 0. The number of sulfonamides is 1. The van der Waals surface area contributed by atoms with Crippen molar-refractivity contribution in [3.8, 4) is 0 Å². The average Bonchev–Trinajstić information content (AvgIpc) is 3.55. The van der Waals surface area contributed by atoms with Gasteiger partial charge in [-0.25, -0.2) is 13.1 Å². The number of rotatable bonds is 7. The Morgan fingerprint density at radius 2 is 1.65 bits per heavy atom. The van der Waals surface area contributed by atoms with Crippen molar-refractivity contribution in [2.75, 3.05) is 44.2 Å². The smallest absolute Gasteiger partial charge is 0.243 e. The van der Waals surface area contributed by atoms with Gasteiger partial charge in [-0.3, -0.25) is 4.79 Å². The van der Waals surface area contributed by atoms with Crippen LogP contribution >= 0.6 is 0 Å². The number of anilines is 1. The van der Waals surface area contributed by atoms with Gasteiger partial charge in [0.05, 0.1) is 10.4 Å². The van der Waals surface area contributed by atoms with Crippen molar-refractivity contribution in [1.82, 2.24) is 24.2 Å². The number of para-hydroxylation sites is 1. The van der Waals surface area contributed by atoms with E-state index in [1.54, 1.807) is 22.9 Å². The summed E-state index contributed by atoms with van der Waals surface area (Å²) in [5, 5.41) is 8.37. The molecular weight excluding hydrogens is 452 g/mol. The first-order valence-electron chi connectivity index (χ1n) is 11.9. The van der Waals surface area contributed by atoms with E-state index in [1.165, 1.54) is 9.99 Å². The standard InChI is InChI=1S/C24H30N6O3S/c31-24(28-17-15-27(16-18-28)20-7-2-1-3-8-20)9-6-14-30-23-11-10-21(19-22(23)25-26-30)34(32,33)29-12-4-5-13-29/h1-3,7-8,10-11,19H,4-6,9,12-18H2. The molecule has 0 spiro atoms. The molecule has 0 unspecified atom stereocenters. The molecule has 1 aromatic heterocycles. The summed E-state index contributed by atoms with van der Waals surface area (Å²) in [6.07, 6.45) is 2.91. The zero-order valence-electron chi connectivity index (χ0n) is 19.2. The Morgan fingerprint density at radius 3 is 2.38 bits per heavy atom. The molecule has 0 radical (unpaired) electrons. The van der Waals surface area contributed by atoms with E-state index in [9.17, 15) is 13.2 Å². The molecule has 3 heterocycles. The molecule has 9 nitrogen and oxygen atoms in total. The van der Waals surface area contributed by atoms with Crippen molar-refractivity contribution < 1.29 is 13.2 Å². The summed E-state index contributed by atoms with van der Waals surface area (Å²) in [7, 11) is -3.48. The second kappa shape index (κ2) is 9.71. The lowest BCUT2D eigenvalue weighted by molar-refractivity contribution is -0.131. The Morgan fingerprint density at radius 1 is 0.912 bits per heavy atom. The first-order valence-corrected chi connectivity index (χ1v) is 13.4. The van der Waals surface area contributed by atoms with Gasteiger partial charge in [0.1, 0.15) is 5.52 Å². The quantitative estimate of drug-likeness (QED) is 0.513. The summed E-state index contributed by atoms with van der Waals surface area (Å²) < 4.78 is 28.9. The number of amides is 1. The maximum Gasteiger partial charge on any atom is 0.243 e. The van der Waals surface area contributed by atoms with E-state index in [4.69, 9.17) is 0 Å². The Bertz CT molecular complexity index is 1250. The monoisotopic (exact) mass is 482 g/mol. The van der Waals surface area contributed by atoms with Gasteiger partial charge in [0, 0.05) is 57.9 Å². The first-order chi connectivity index (χ1) is 16.5. The van der Waals surface area contributed by atoms with Crippen LogP contribution in [0.15, 0.2) is 53.4 Å². The van der Waals surface area contributed by atoms with E-state index in [1.807, 2.05) is 23.1 Å². The molecule has 2 saturated heterocycles. The number of aromatic nitrogens is 3. The fourth-order valence-corrected chi connectivity index (χ4v) is 6.28. The highest BCUT2D eigenvalue weighted by molar-refractivity contribution is 7.89. The molecule has 0 N–H and O–H groups in total. The van der Waals surface area contributed by atoms with Crippen LogP contribution in [0.1, 0.15) is 25.7 Å². The second-order valence-corrected chi connectivity index (χ2v) is 10.8. The number of aryl methyl sites for hydroxylation is 1. The third-order valence-corrected chi connectivity index (χ3v) is 8.60. The third-order valence-electron chi connectivity index (χ3n) is 6.70. The molecule has 2 aliphatic heterocycles. The minimum absolute atomic E-state index is 0.163. The Balaban J connectivity index is 1.15. The number of benzene rings is 2. The SMILES string of the molecule is O=C(CCCn1nnc2cc(S(=O)(=O)N3CCCC3)ccc21)N1CCN(c2ccccc2)CC1. The lowest BCUT2D eigenvalue weighted by atomic mass is 10.2. The molecule has 2 aromatic carbocycles. The van der Waals surface area contributed by atoms with Crippen LogP contribution in [0.5, 0.6) is 0 Å². The van der Waals surface area contributed by atoms with Crippen LogP contribution in [0.3, 0.4) is 0 Å². The molecule has 180 valence electrons. The molecule has 0 bridgehead atoms. The lowest BCUT2D eigenvalue weighted by Gasteiger charge is -2.36. The summed E-state index contributed by atoms with van der Waals surface area (Å²) in [4.78, 5) is 17.2. The zero-order valence-corrected chi connectivity index (χ0v) is 20.0. The number of nitrogens with zero attached hydrogens (tertiary/aromatic N) is 6. The van der Waals surface area contributed by atoms with Crippen LogP contribution in [-0.4, -0.2) is 77.8 Å². The van der Waals surface area contributed by atoms with Gasteiger partial charge < -0.3 is 9.80 Å². The Labute approximate surface area is 200 Å². The van der Waals surface area contributed by atoms with Crippen molar-refractivity contribution in [2.24, 2.45) is 0 Å². The molecule has 2 aliphatic rings. The van der Waals surface area contributed by atoms with E-state index >= 15 is 0 Å². The van der Waals surface area contributed by atoms with Crippen LogP contribution in [0.4, 0.5) is 5.69 Å². The Kier molecular flexibility index (Phi) is 6.51. The molecule has 0 aliphatic carbocycles. The van der Waals surface area contributed by atoms with E-state index in [0.29, 0.717) is 38.0 Å². The van der Waals surface area contributed by atoms with Gasteiger partial charge in [-0.15, -0.1) is 5.10 Å². The fourth-order valence-electron chi connectivity index (χ4n) is 4.75. The van der Waals surface area contributed by atoms with Crippen LogP contribution in [0.25, 0.3) is 11.0 Å². The largest absolute Gasteiger partial charge is 0.368 e. The van der Waals surface area contributed by atoms with Crippen molar-refractivity contribution in [3.63, 3.8) is 0 Å². The van der Waals surface area contributed by atoms with E-state index in [-0.39, 0.29) is 10.8 Å². The molecule has 0 atom stereocenters. The molecular formula is C24H30N6O3S. The second-order valence-electron chi connectivity index (χ2n) is 8.88. The van der Waals surface area contributed by atoms with Gasteiger partial charge in [-0.2, -0.15) is 4.31 Å². The maximum absolute atomic E-state index is 12.8. The van der Waals surface area contributed by atoms with Gasteiger partial charge >= 0.3 is 0 Å². The predicted octanol–water partition coefficient (Wildman–Crippen LogP) is 2.34. The van der Waals surface area contributed by atoms with Crippen molar-refractivity contribution in [1.29, 1.82) is 0 Å². The van der Waals surface area contributed by atoms with Crippen LogP contribution < -0.4 is 4.90 Å². The van der Waals surface area contributed by atoms with Crippen molar-refractivity contribution in [3.05, 3.63) is 48.5 Å². The summed E-state index contributed by atoms with van der Waals surface area (Å²) in [5.74, 6) is 0.163. The number of fused-ring (bicyclic) bond motifs is 1. The minimum atomic E-state index is -3.48. The van der Waals surface area contributed by atoms with Gasteiger partial charge in [-0.05, 0) is 49.6 Å². The molecule has 2 fully saturated rings. The number of carbonyl (C=O) groups excluding carboxylic acids is 1. The zero-order chi connectivity index (χ0) is 23.5. The molecule has 10 heteroatoms. The average molecular weight is 483 g/mol. The maximum atomic E-state index is 12.8. The highest BCUT2D eigenvalue weighted by Crippen LogP contribution is 2.24. The van der Waals surface area contributed by atoms with Gasteiger partial charge in [-0.1, -0.05) is 23.4 Å². The highest BCUT2D eigenvalue weighted by Gasteiger charge is 2.27. The summed E-state index contributed by atoms with van der Waals surface area (Å²) in [6.45, 7) is 4.84. The number of hydrogen-bond acceptors (Lipinski definition) is 6. The molecule has 1 amide bonds. The first kappa shape index (κ1) is 22.8. The van der Waals surface area contributed by atoms with E-state index in [2.05, 4.69) is 27.3 Å². The highest BCUT2D eigenvalue weighted by atomic mass is 32.2. The van der Waals surface area contributed by atoms with Gasteiger partial charge in [0.25, 0.3) is 0 Å². The van der Waals surface area contributed by atoms with Crippen molar-refractivity contribution >= 4 is 32.7 Å². The predicted molar refractivity (Wildman–Crippen MR) is 130 cm³/mol. The number of carbonyl (C=O) groups is 1. The minimum Gasteiger partial charge on any atom is -0.368 e. The van der Waals surface area contributed by atoms with E-state index < -0.39 is 10.0 Å². The van der Waals surface area contributed by atoms with Crippen molar-refractivity contribution in [2.45, 2.75) is 37.1 Å². The Hall–Kier alpha value is -2.98. The third kappa shape index (κ3) is 4.65. The lowest BCUT2D eigenvalue weighted by Crippen LogP contribution is -2.48. The van der Waals surface area contributed by atoms with Gasteiger partial charge in [0.15, 0.2) is 0 Å².